The van der Waals surface area contributed by atoms with Crippen molar-refractivity contribution in [2.45, 2.75) is 38.3 Å². The number of nitrogens with one attached hydrogen (secondary N) is 1. The number of hydrogen-bond acceptors (Lipinski definition) is 7. The topological polar surface area (TPSA) is 110 Å². The van der Waals surface area contributed by atoms with E-state index in [1.165, 1.54) is 4.57 Å². The number of morpholine rings is 1. The molecule has 9 heteroatoms. The molecular weight excluding hydrogens is 374 g/mol. The van der Waals surface area contributed by atoms with Crippen LogP contribution in [0.4, 0.5) is 0 Å². The zero-order valence-corrected chi connectivity index (χ0v) is 16.5. The van der Waals surface area contributed by atoms with Gasteiger partial charge in [-0.25, -0.2) is 9.97 Å². The van der Waals surface area contributed by atoms with E-state index in [0.29, 0.717) is 43.6 Å². The highest BCUT2D eigenvalue weighted by Crippen LogP contribution is 2.57. The lowest BCUT2D eigenvalue weighted by atomic mass is 9.50. The number of aromatic hydroxyl groups is 1. The van der Waals surface area contributed by atoms with Crippen molar-refractivity contribution < 1.29 is 14.6 Å². The predicted molar refractivity (Wildman–Crippen MR) is 105 cm³/mol. The van der Waals surface area contributed by atoms with Crippen LogP contribution in [0.25, 0.3) is 11.2 Å². The van der Waals surface area contributed by atoms with Crippen LogP contribution in [0.1, 0.15) is 35.3 Å². The maximum Gasteiger partial charge on any atom is 0.269 e. The Morgan fingerprint density at radius 1 is 1.31 bits per heavy atom. The lowest BCUT2D eigenvalue weighted by Gasteiger charge is -2.61. The second kappa shape index (κ2) is 6.77. The molecule has 9 nitrogen and oxygen atoms in total. The van der Waals surface area contributed by atoms with Gasteiger partial charge < -0.3 is 15.2 Å². The van der Waals surface area contributed by atoms with Crippen molar-refractivity contribution in [2.75, 3.05) is 32.8 Å². The molecule has 154 valence electrons. The van der Waals surface area contributed by atoms with Crippen LogP contribution in [-0.4, -0.2) is 68.8 Å². The van der Waals surface area contributed by atoms with Crippen LogP contribution in [0.3, 0.4) is 0 Å². The van der Waals surface area contributed by atoms with Gasteiger partial charge in [-0.15, -0.1) is 0 Å². The van der Waals surface area contributed by atoms with Crippen molar-refractivity contribution >= 4 is 17.1 Å². The average Bonchev–Trinajstić information content (AvgIpc) is 2.65. The van der Waals surface area contributed by atoms with Crippen molar-refractivity contribution in [2.24, 2.45) is 5.92 Å². The number of rotatable bonds is 5. The van der Waals surface area contributed by atoms with E-state index >= 15 is 0 Å². The highest BCUT2D eigenvalue weighted by Gasteiger charge is 2.57. The third-order valence-corrected chi connectivity index (χ3v) is 6.44. The fourth-order valence-corrected chi connectivity index (χ4v) is 4.69. The molecular formula is C20H25N5O4. The van der Waals surface area contributed by atoms with E-state index in [1.807, 2.05) is 0 Å². The van der Waals surface area contributed by atoms with E-state index in [1.54, 1.807) is 13.1 Å². The van der Waals surface area contributed by atoms with Crippen molar-refractivity contribution in [3.05, 3.63) is 27.8 Å². The maximum absolute atomic E-state index is 13.2. The summed E-state index contributed by atoms with van der Waals surface area (Å²) in [6, 6.07) is 0. The number of carbonyl (C=O) groups excluding carboxylic acids is 1. The quantitative estimate of drug-likeness (QED) is 0.750. The fourth-order valence-electron chi connectivity index (χ4n) is 4.69. The number of ether oxygens (including phenoxy) is 1. The first-order valence-electron chi connectivity index (χ1n) is 10.2. The Labute approximate surface area is 167 Å². The second-order valence-corrected chi connectivity index (χ2v) is 8.53. The van der Waals surface area contributed by atoms with E-state index in [9.17, 15) is 14.7 Å². The van der Waals surface area contributed by atoms with Gasteiger partial charge in [0.25, 0.3) is 11.5 Å². The van der Waals surface area contributed by atoms with Crippen molar-refractivity contribution in [1.29, 1.82) is 0 Å². The molecule has 0 radical (unpaired) electrons. The van der Waals surface area contributed by atoms with Crippen LogP contribution in [-0.2, 0) is 11.3 Å². The molecule has 0 atom stereocenters. The average molecular weight is 399 g/mol. The maximum atomic E-state index is 13.2. The van der Waals surface area contributed by atoms with Crippen LogP contribution in [0, 0.1) is 12.8 Å². The summed E-state index contributed by atoms with van der Waals surface area (Å²) in [5, 5.41) is 13.7. The second-order valence-electron chi connectivity index (χ2n) is 8.53. The Hall–Kier alpha value is -2.52. The molecule has 3 saturated carbocycles. The Balaban J connectivity index is 1.53. The van der Waals surface area contributed by atoms with Crippen LogP contribution in [0.5, 0.6) is 5.75 Å². The van der Waals surface area contributed by atoms with E-state index < -0.39 is 11.5 Å². The lowest BCUT2D eigenvalue weighted by molar-refractivity contribution is -0.0439. The molecule has 2 N–H and O–H groups in total. The molecule has 2 aromatic rings. The SMILES string of the molecule is Cc1cnc2c(n1)c(O)c(C(=O)NC13CC(C1)C3)c(=O)n2CCN1CCOCC1. The summed E-state index contributed by atoms with van der Waals surface area (Å²) in [5.74, 6) is -0.205. The smallest absolute Gasteiger partial charge is 0.269 e. The Morgan fingerprint density at radius 3 is 2.69 bits per heavy atom. The normalized spacial score (nSPS) is 26.0. The third-order valence-electron chi connectivity index (χ3n) is 6.44. The molecule has 29 heavy (non-hydrogen) atoms. The monoisotopic (exact) mass is 399 g/mol. The summed E-state index contributed by atoms with van der Waals surface area (Å²) >= 11 is 0. The van der Waals surface area contributed by atoms with E-state index in [2.05, 4.69) is 20.2 Å². The number of carbonyl (C=O) groups is 1. The molecule has 6 rings (SSSR count). The molecule has 4 fully saturated rings. The van der Waals surface area contributed by atoms with E-state index in [0.717, 1.165) is 32.4 Å². The molecule has 1 saturated heterocycles. The first-order chi connectivity index (χ1) is 14.0. The van der Waals surface area contributed by atoms with Crippen molar-refractivity contribution in [1.82, 2.24) is 24.8 Å². The number of aryl methyl sites for hydroxylation is 1. The first kappa shape index (κ1) is 18.5. The van der Waals surface area contributed by atoms with Gasteiger partial charge in [0.1, 0.15) is 11.1 Å². The molecule has 3 aliphatic carbocycles. The minimum absolute atomic E-state index is 0.188. The number of aromatic nitrogens is 3. The number of hydrogen-bond donors (Lipinski definition) is 2. The van der Waals surface area contributed by atoms with Gasteiger partial charge in [-0.1, -0.05) is 0 Å². The third kappa shape index (κ3) is 3.08. The molecule has 0 spiro atoms. The van der Waals surface area contributed by atoms with E-state index in [4.69, 9.17) is 4.74 Å². The van der Waals surface area contributed by atoms with Gasteiger partial charge in [0.15, 0.2) is 11.4 Å². The molecule has 2 aromatic heterocycles. The van der Waals surface area contributed by atoms with Gasteiger partial charge in [-0.3, -0.25) is 19.1 Å². The number of nitrogens with zero attached hydrogens (tertiary/aromatic N) is 4. The van der Waals surface area contributed by atoms with Gasteiger partial charge in [0, 0.05) is 31.7 Å². The van der Waals surface area contributed by atoms with Gasteiger partial charge in [-0.05, 0) is 32.1 Å². The van der Waals surface area contributed by atoms with Gasteiger partial charge in [0.05, 0.1) is 25.1 Å². The molecule has 4 aliphatic rings. The standard InChI is InChI=1S/C20H25N5O4/c1-12-11-21-17-15(22-12)16(26)14(18(27)23-20-8-13(9-20)10-20)19(28)25(17)3-2-24-4-6-29-7-5-24/h11,13,26H,2-10H2,1H3,(H,23,27). The fraction of sp³-hybridized carbons (Fsp3) is 0.600. The Kier molecular flexibility index (Phi) is 4.32. The summed E-state index contributed by atoms with van der Waals surface area (Å²) in [4.78, 5) is 37.1. The molecule has 1 aliphatic heterocycles. The predicted octanol–water partition coefficient (Wildman–Crippen LogP) is 0.420. The molecule has 3 heterocycles. The Bertz CT molecular complexity index is 1030. The molecule has 1 amide bonds. The zero-order valence-electron chi connectivity index (χ0n) is 16.5. The molecule has 0 aromatic carbocycles. The summed E-state index contributed by atoms with van der Waals surface area (Å²) in [5.41, 5.74) is 0.154. The number of fused-ring (bicyclic) bond motifs is 1. The molecule has 0 unspecified atom stereocenters. The minimum Gasteiger partial charge on any atom is -0.505 e. The van der Waals surface area contributed by atoms with Crippen molar-refractivity contribution in [3.8, 4) is 5.75 Å². The zero-order chi connectivity index (χ0) is 20.2. The highest BCUT2D eigenvalue weighted by molar-refractivity contribution is 6.01. The summed E-state index contributed by atoms with van der Waals surface area (Å²) in [6.45, 7) is 5.68. The summed E-state index contributed by atoms with van der Waals surface area (Å²) in [7, 11) is 0. The number of pyridine rings is 1. The minimum atomic E-state index is -0.523. The van der Waals surface area contributed by atoms with Gasteiger partial charge in [0.2, 0.25) is 0 Å². The van der Waals surface area contributed by atoms with Gasteiger partial charge >= 0.3 is 0 Å². The highest BCUT2D eigenvalue weighted by atomic mass is 16.5. The Morgan fingerprint density at radius 2 is 2.03 bits per heavy atom. The lowest BCUT2D eigenvalue weighted by Crippen LogP contribution is -2.68. The van der Waals surface area contributed by atoms with Crippen molar-refractivity contribution in [3.63, 3.8) is 0 Å². The largest absolute Gasteiger partial charge is 0.505 e. The van der Waals surface area contributed by atoms with Crippen LogP contribution in [0.2, 0.25) is 0 Å². The van der Waals surface area contributed by atoms with E-state index in [-0.39, 0.29) is 22.4 Å². The molecule has 2 bridgehead atoms. The summed E-state index contributed by atoms with van der Waals surface area (Å²) < 4.78 is 6.84. The first-order valence-corrected chi connectivity index (χ1v) is 10.2. The number of amides is 1. The van der Waals surface area contributed by atoms with Crippen LogP contribution >= 0.6 is 0 Å². The van der Waals surface area contributed by atoms with Crippen LogP contribution < -0.4 is 10.9 Å². The summed E-state index contributed by atoms with van der Waals surface area (Å²) in [6.07, 6.45) is 4.43. The van der Waals surface area contributed by atoms with Crippen LogP contribution in [0.15, 0.2) is 11.0 Å². The van der Waals surface area contributed by atoms with Gasteiger partial charge in [-0.2, -0.15) is 0 Å².